The first-order chi connectivity index (χ1) is 9.16. The highest BCUT2D eigenvalue weighted by Gasteiger charge is 2.10. The first kappa shape index (κ1) is 13.2. The quantitative estimate of drug-likeness (QED) is 0.877. The van der Waals surface area contributed by atoms with Crippen molar-refractivity contribution in [3.63, 3.8) is 0 Å². The van der Waals surface area contributed by atoms with Crippen molar-refractivity contribution < 1.29 is 4.79 Å². The molecule has 19 heavy (non-hydrogen) atoms. The third-order valence-electron chi connectivity index (χ3n) is 2.94. The zero-order chi connectivity index (χ0) is 13.7. The number of hydrogen-bond acceptors (Lipinski definition) is 4. The van der Waals surface area contributed by atoms with Crippen LogP contribution in [-0.4, -0.2) is 26.1 Å². The summed E-state index contributed by atoms with van der Waals surface area (Å²) in [5.74, 6) is 0.704. The topological polar surface area (TPSA) is 72.7 Å². The third kappa shape index (κ3) is 3.61. The molecule has 0 spiro atoms. The average Bonchev–Trinajstić information content (AvgIpc) is 2.83. The van der Waals surface area contributed by atoms with Crippen molar-refractivity contribution >= 4 is 5.91 Å². The molecule has 0 aliphatic carbocycles. The maximum Gasteiger partial charge on any atom is 0.222 e. The molecular weight excluding hydrogens is 242 g/mol. The Morgan fingerprint density at radius 1 is 1.37 bits per heavy atom. The first-order valence-corrected chi connectivity index (χ1v) is 6.24. The highest BCUT2D eigenvalue weighted by Crippen LogP contribution is 2.11. The van der Waals surface area contributed by atoms with Crippen LogP contribution in [0.1, 0.15) is 30.8 Å². The highest BCUT2D eigenvalue weighted by molar-refractivity contribution is 5.76. The van der Waals surface area contributed by atoms with Crippen LogP contribution in [-0.2, 0) is 11.3 Å². The van der Waals surface area contributed by atoms with Crippen LogP contribution in [0.4, 0.5) is 0 Å². The van der Waals surface area contributed by atoms with Crippen LogP contribution in [0, 0.1) is 6.92 Å². The van der Waals surface area contributed by atoms with Crippen molar-refractivity contribution in [2.45, 2.75) is 32.9 Å². The van der Waals surface area contributed by atoms with E-state index in [0.717, 1.165) is 5.56 Å². The molecule has 0 saturated heterocycles. The third-order valence-corrected chi connectivity index (χ3v) is 2.94. The van der Waals surface area contributed by atoms with Gasteiger partial charge < -0.3 is 5.32 Å². The van der Waals surface area contributed by atoms with E-state index in [1.165, 1.54) is 0 Å². The molecule has 2 aromatic rings. The van der Waals surface area contributed by atoms with Crippen molar-refractivity contribution in [1.82, 2.24) is 25.5 Å². The number of hydrogen-bond donors (Lipinski definition) is 1. The van der Waals surface area contributed by atoms with Crippen LogP contribution < -0.4 is 5.32 Å². The van der Waals surface area contributed by atoms with Gasteiger partial charge in [0.1, 0.15) is 5.82 Å². The number of nitrogens with one attached hydrogen (secondary N) is 1. The number of carbonyl (C=O) groups is 1. The van der Waals surface area contributed by atoms with Crippen LogP contribution in [0.2, 0.25) is 0 Å². The number of tetrazole rings is 1. The Balaban J connectivity index is 1.83. The molecular formula is C13H17N5O. The summed E-state index contributed by atoms with van der Waals surface area (Å²) in [5, 5.41) is 14.1. The molecule has 1 unspecified atom stereocenters. The molecule has 100 valence electrons. The van der Waals surface area contributed by atoms with Gasteiger partial charge in [0.2, 0.25) is 5.91 Å². The van der Waals surface area contributed by atoms with Crippen molar-refractivity contribution in [2.75, 3.05) is 0 Å². The smallest absolute Gasteiger partial charge is 0.222 e. The van der Waals surface area contributed by atoms with Gasteiger partial charge in [-0.05, 0) is 29.8 Å². The number of nitrogens with zero attached hydrogens (tertiary/aromatic N) is 4. The molecule has 1 amide bonds. The molecule has 1 aromatic heterocycles. The number of carbonyl (C=O) groups excluding carboxylic acids is 1. The molecule has 2 rings (SSSR count). The van der Waals surface area contributed by atoms with Gasteiger partial charge in [-0.15, -0.1) is 5.10 Å². The number of aryl methyl sites for hydroxylation is 2. The van der Waals surface area contributed by atoms with Crippen molar-refractivity contribution in [1.29, 1.82) is 0 Å². The Hall–Kier alpha value is -2.24. The van der Waals surface area contributed by atoms with E-state index in [0.29, 0.717) is 18.8 Å². The van der Waals surface area contributed by atoms with Crippen molar-refractivity contribution in [2.24, 2.45) is 0 Å². The van der Waals surface area contributed by atoms with E-state index in [1.54, 1.807) is 4.68 Å². The van der Waals surface area contributed by atoms with Crippen LogP contribution >= 0.6 is 0 Å². The fraction of sp³-hybridized carbons (Fsp3) is 0.385. The second kappa shape index (κ2) is 6.08. The minimum atomic E-state index is -0.00810. The Labute approximate surface area is 111 Å². The van der Waals surface area contributed by atoms with E-state index >= 15 is 0 Å². The molecule has 6 nitrogen and oxygen atoms in total. The van der Waals surface area contributed by atoms with Crippen molar-refractivity contribution in [3.8, 4) is 0 Å². The van der Waals surface area contributed by atoms with E-state index in [9.17, 15) is 4.79 Å². The minimum Gasteiger partial charge on any atom is -0.350 e. The molecule has 0 fully saturated rings. The lowest BCUT2D eigenvalue weighted by Gasteiger charge is -2.14. The average molecular weight is 259 g/mol. The Kier molecular flexibility index (Phi) is 4.22. The predicted molar refractivity (Wildman–Crippen MR) is 70.2 cm³/mol. The summed E-state index contributed by atoms with van der Waals surface area (Å²) in [4.78, 5) is 11.8. The molecule has 0 bridgehead atoms. The second-order valence-electron chi connectivity index (χ2n) is 4.40. The molecule has 6 heteroatoms. The summed E-state index contributed by atoms with van der Waals surface area (Å²) >= 11 is 0. The monoisotopic (exact) mass is 259 g/mol. The molecule has 0 aliphatic heterocycles. The lowest BCUT2D eigenvalue weighted by atomic mass is 10.1. The number of benzene rings is 1. The standard InChI is InChI=1S/C13H17N5O/c1-10(12-6-4-3-5-7-12)14-13(19)8-9-18-11(2)15-16-17-18/h3-7,10H,8-9H2,1-2H3,(H,14,19). The molecule has 0 aliphatic rings. The molecule has 1 aromatic carbocycles. The molecule has 0 radical (unpaired) electrons. The van der Waals surface area contributed by atoms with Gasteiger partial charge in [0.05, 0.1) is 12.6 Å². The minimum absolute atomic E-state index is 0.00340. The number of rotatable bonds is 5. The summed E-state index contributed by atoms with van der Waals surface area (Å²) in [7, 11) is 0. The van der Waals surface area contributed by atoms with E-state index in [1.807, 2.05) is 44.2 Å². The summed E-state index contributed by atoms with van der Waals surface area (Å²) in [6.45, 7) is 4.27. The molecule has 1 heterocycles. The maximum atomic E-state index is 11.8. The van der Waals surface area contributed by atoms with Gasteiger partial charge in [0.25, 0.3) is 0 Å². The Morgan fingerprint density at radius 2 is 2.11 bits per heavy atom. The molecule has 1 atom stereocenters. The van der Waals surface area contributed by atoms with Gasteiger partial charge in [0.15, 0.2) is 0 Å². The van der Waals surface area contributed by atoms with E-state index < -0.39 is 0 Å². The lowest BCUT2D eigenvalue weighted by molar-refractivity contribution is -0.122. The number of aromatic nitrogens is 4. The van der Waals surface area contributed by atoms with Gasteiger partial charge in [-0.1, -0.05) is 30.3 Å². The van der Waals surface area contributed by atoms with Crippen LogP contribution in [0.15, 0.2) is 30.3 Å². The summed E-state index contributed by atoms with van der Waals surface area (Å²) in [5.41, 5.74) is 1.09. The van der Waals surface area contributed by atoms with E-state index in [4.69, 9.17) is 0 Å². The van der Waals surface area contributed by atoms with Gasteiger partial charge in [-0.3, -0.25) is 4.79 Å². The zero-order valence-electron chi connectivity index (χ0n) is 11.1. The van der Waals surface area contributed by atoms with E-state index in [-0.39, 0.29) is 11.9 Å². The maximum absolute atomic E-state index is 11.8. The van der Waals surface area contributed by atoms with Gasteiger partial charge in [-0.25, -0.2) is 4.68 Å². The normalized spacial score (nSPS) is 12.1. The fourth-order valence-corrected chi connectivity index (χ4v) is 1.80. The predicted octanol–water partition coefficient (Wildman–Crippen LogP) is 1.25. The molecule has 0 saturated carbocycles. The lowest BCUT2D eigenvalue weighted by Crippen LogP contribution is -2.27. The largest absolute Gasteiger partial charge is 0.350 e. The summed E-state index contributed by atoms with van der Waals surface area (Å²) in [6, 6.07) is 9.87. The Morgan fingerprint density at radius 3 is 2.74 bits per heavy atom. The SMILES string of the molecule is Cc1nnnn1CCC(=O)NC(C)c1ccccc1. The van der Waals surface area contributed by atoms with Gasteiger partial charge >= 0.3 is 0 Å². The van der Waals surface area contributed by atoms with E-state index in [2.05, 4.69) is 20.8 Å². The number of amides is 1. The highest BCUT2D eigenvalue weighted by atomic mass is 16.1. The second-order valence-corrected chi connectivity index (χ2v) is 4.40. The van der Waals surface area contributed by atoms with Crippen LogP contribution in [0.25, 0.3) is 0 Å². The van der Waals surface area contributed by atoms with Gasteiger partial charge in [-0.2, -0.15) is 0 Å². The van der Waals surface area contributed by atoms with Crippen molar-refractivity contribution in [3.05, 3.63) is 41.7 Å². The van der Waals surface area contributed by atoms with Crippen LogP contribution in [0.3, 0.4) is 0 Å². The first-order valence-electron chi connectivity index (χ1n) is 6.24. The summed E-state index contributed by atoms with van der Waals surface area (Å²) in [6.07, 6.45) is 0.364. The van der Waals surface area contributed by atoms with Gasteiger partial charge in [0, 0.05) is 6.42 Å². The Bertz CT molecular complexity index is 537. The van der Waals surface area contributed by atoms with Crippen LogP contribution in [0.5, 0.6) is 0 Å². The fourth-order valence-electron chi connectivity index (χ4n) is 1.80. The molecule has 1 N–H and O–H groups in total. The summed E-state index contributed by atoms with van der Waals surface area (Å²) < 4.78 is 1.62. The zero-order valence-corrected chi connectivity index (χ0v) is 11.1.